The highest BCUT2D eigenvalue weighted by molar-refractivity contribution is 6.31. The topological polar surface area (TPSA) is 23.8 Å². The average Bonchev–Trinajstić information content (AvgIpc) is 2.40. The molecule has 1 aromatic rings. The molecule has 0 aliphatic carbocycles. The summed E-state index contributed by atoms with van der Waals surface area (Å²) in [5.41, 5.74) is 5.80. The fourth-order valence-corrected chi connectivity index (χ4v) is 2.82. The number of benzene rings is 1. The van der Waals surface area contributed by atoms with Crippen LogP contribution in [0, 0.1) is 18.3 Å². The van der Waals surface area contributed by atoms with Crippen molar-refractivity contribution in [3.8, 4) is 6.07 Å². The predicted molar refractivity (Wildman–Crippen MR) is 83.3 cm³/mol. The molecule has 0 heterocycles. The molecule has 0 fully saturated rings. The van der Waals surface area contributed by atoms with E-state index in [0.29, 0.717) is 10.6 Å². The van der Waals surface area contributed by atoms with Crippen LogP contribution < -0.4 is 0 Å². The molecule has 0 N–H and O–H groups in total. The van der Waals surface area contributed by atoms with Crippen LogP contribution in [0.1, 0.15) is 63.1 Å². The normalized spacial score (nSPS) is 12.0. The summed E-state index contributed by atoms with van der Waals surface area (Å²) in [5, 5.41) is 9.69. The van der Waals surface area contributed by atoms with Gasteiger partial charge in [-0.3, -0.25) is 0 Å². The smallest absolute Gasteiger partial charge is 0.101 e. The van der Waals surface area contributed by atoms with E-state index in [2.05, 4.69) is 33.8 Å². The molecule has 0 aromatic heterocycles. The van der Waals surface area contributed by atoms with E-state index >= 15 is 0 Å². The van der Waals surface area contributed by atoms with Crippen molar-refractivity contribution in [1.29, 1.82) is 5.26 Å². The van der Waals surface area contributed by atoms with Crippen LogP contribution >= 0.6 is 11.6 Å². The molecule has 0 saturated heterocycles. The van der Waals surface area contributed by atoms with Crippen molar-refractivity contribution in [1.82, 2.24) is 0 Å². The number of nitrogens with zero attached hydrogens (tertiary/aromatic N) is 1. The zero-order valence-corrected chi connectivity index (χ0v) is 13.1. The van der Waals surface area contributed by atoms with E-state index in [1.807, 2.05) is 12.1 Å². The lowest BCUT2D eigenvalue weighted by atomic mass is 9.90. The van der Waals surface area contributed by atoms with Gasteiger partial charge in [0.2, 0.25) is 0 Å². The van der Waals surface area contributed by atoms with Crippen molar-refractivity contribution in [3.63, 3.8) is 0 Å². The van der Waals surface area contributed by atoms with Crippen molar-refractivity contribution in [2.75, 3.05) is 0 Å². The molecular formula is C17H22ClN. The van der Waals surface area contributed by atoms with Gasteiger partial charge in [0, 0.05) is 0 Å². The largest absolute Gasteiger partial charge is 0.192 e. The van der Waals surface area contributed by atoms with Crippen LogP contribution in [0.4, 0.5) is 0 Å². The third kappa shape index (κ3) is 3.61. The van der Waals surface area contributed by atoms with Gasteiger partial charge in [-0.2, -0.15) is 5.26 Å². The third-order valence-corrected chi connectivity index (χ3v) is 3.83. The average molecular weight is 276 g/mol. The molecule has 0 spiro atoms. The highest BCUT2D eigenvalue weighted by atomic mass is 35.5. The Bertz CT molecular complexity index is 521. The van der Waals surface area contributed by atoms with Gasteiger partial charge in [-0.15, -0.1) is 0 Å². The van der Waals surface area contributed by atoms with E-state index in [-0.39, 0.29) is 0 Å². The van der Waals surface area contributed by atoms with E-state index in [0.717, 1.165) is 31.2 Å². The summed E-state index contributed by atoms with van der Waals surface area (Å²) in [7, 11) is 0. The molecule has 0 saturated carbocycles. The van der Waals surface area contributed by atoms with Crippen molar-refractivity contribution >= 4 is 17.2 Å². The Hall–Kier alpha value is -1.26. The highest BCUT2D eigenvalue weighted by Gasteiger charge is 2.12. The van der Waals surface area contributed by atoms with E-state index in [1.165, 1.54) is 16.7 Å². The van der Waals surface area contributed by atoms with Crippen molar-refractivity contribution in [2.24, 2.45) is 0 Å². The fraction of sp³-hybridized carbons (Fsp3) is 0.471. The van der Waals surface area contributed by atoms with Gasteiger partial charge in [-0.25, -0.2) is 0 Å². The van der Waals surface area contributed by atoms with Crippen LogP contribution in [-0.4, -0.2) is 0 Å². The Morgan fingerprint density at radius 3 is 2.37 bits per heavy atom. The molecule has 19 heavy (non-hydrogen) atoms. The van der Waals surface area contributed by atoms with Crippen LogP contribution in [0.15, 0.2) is 17.7 Å². The van der Waals surface area contributed by atoms with Gasteiger partial charge in [0.15, 0.2) is 0 Å². The van der Waals surface area contributed by atoms with Crippen molar-refractivity contribution in [3.05, 3.63) is 39.4 Å². The van der Waals surface area contributed by atoms with Crippen LogP contribution in [-0.2, 0) is 0 Å². The maximum Gasteiger partial charge on any atom is 0.101 e. The minimum Gasteiger partial charge on any atom is -0.192 e. The van der Waals surface area contributed by atoms with Gasteiger partial charge < -0.3 is 0 Å². The zero-order chi connectivity index (χ0) is 14.4. The molecule has 102 valence electrons. The summed E-state index contributed by atoms with van der Waals surface area (Å²) in [6, 6.07) is 6.03. The molecule has 0 aliphatic rings. The van der Waals surface area contributed by atoms with Crippen molar-refractivity contribution in [2.45, 2.75) is 53.4 Å². The second kappa shape index (κ2) is 7.36. The summed E-state index contributed by atoms with van der Waals surface area (Å²) in [6.45, 7) is 8.66. The minimum absolute atomic E-state index is 0.549. The molecule has 0 bridgehead atoms. The van der Waals surface area contributed by atoms with Crippen LogP contribution in [0.3, 0.4) is 0 Å². The molecular weight excluding hydrogens is 254 g/mol. The summed E-state index contributed by atoms with van der Waals surface area (Å²) >= 11 is 6.09. The van der Waals surface area contributed by atoms with Crippen LogP contribution in [0.5, 0.6) is 0 Å². The van der Waals surface area contributed by atoms with Gasteiger partial charge in [-0.05, 0) is 55.0 Å². The lowest BCUT2D eigenvalue weighted by Gasteiger charge is -2.16. The van der Waals surface area contributed by atoms with E-state index in [9.17, 15) is 0 Å². The Kier molecular flexibility index (Phi) is 6.12. The minimum atomic E-state index is 0.549. The molecule has 0 aliphatic heterocycles. The predicted octanol–water partition coefficient (Wildman–Crippen LogP) is 5.89. The molecule has 0 radical (unpaired) electrons. The summed E-state index contributed by atoms with van der Waals surface area (Å²) in [4.78, 5) is 0. The monoisotopic (exact) mass is 275 g/mol. The first-order valence-electron chi connectivity index (χ1n) is 7.00. The van der Waals surface area contributed by atoms with Crippen LogP contribution in [0.25, 0.3) is 5.57 Å². The highest BCUT2D eigenvalue weighted by Crippen LogP contribution is 2.32. The van der Waals surface area contributed by atoms with E-state index in [4.69, 9.17) is 16.9 Å². The molecule has 0 unspecified atom stereocenters. The first-order chi connectivity index (χ1) is 9.08. The Morgan fingerprint density at radius 1 is 1.21 bits per heavy atom. The Balaban J connectivity index is 3.45. The third-order valence-electron chi connectivity index (χ3n) is 3.52. The van der Waals surface area contributed by atoms with Gasteiger partial charge in [-0.1, -0.05) is 44.4 Å². The number of hydrogen-bond donors (Lipinski definition) is 0. The molecule has 1 aromatic carbocycles. The van der Waals surface area contributed by atoms with Gasteiger partial charge in [0.25, 0.3) is 0 Å². The Labute approximate surface area is 121 Å². The van der Waals surface area contributed by atoms with Crippen molar-refractivity contribution < 1.29 is 0 Å². The Morgan fingerprint density at radius 2 is 1.89 bits per heavy atom. The number of rotatable bonds is 5. The maximum absolute atomic E-state index is 9.14. The van der Waals surface area contributed by atoms with Crippen LogP contribution in [0.2, 0.25) is 5.02 Å². The number of aryl methyl sites for hydroxylation is 1. The maximum atomic E-state index is 9.14. The molecule has 1 nitrogen and oxygen atoms in total. The fourth-order valence-electron chi connectivity index (χ4n) is 2.56. The van der Waals surface area contributed by atoms with Gasteiger partial charge in [0.1, 0.15) is 6.07 Å². The first-order valence-corrected chi connectivity index (χ1v) is 7.38. The van der Waals surface area contributed by atoms with E-state index in [1.54, 1.807) is 0 Å². The molecule has 0 atom stereocenters. The first kappa shape index (κ1) is 15.8. The number of hydrogen-bond acceptors (Lipinski definition) is 1. The lowest BCUT2D eigenvalue weighted by Crippen LogP contribution is -1.96. The second-order valence-corrected chi connectivity index (χ2v) is 5.21. The molecule has 0 amide bonds. The van der Waals surface area contributed by atoms with E-state index < -0.39 is 0 Å². The quantitative estimate of drug-likeness (QED) is 0.657. The summed E-state index contributed by atoms with van der Waals surface area (Å²) in [5.74, 6) is 0. The number of allylic oxidation sites excluding steroid dienone is 2. The number of nitriles is 1. The summed E-state index contributed by atoms with van der Waals surface area (Å²) < 4.78 is 0. The molecule has 1 rings (SSSR count). The number of halogens is 1. The van der Waals surface area contributed by atoms with Gasteiger partial charge >= 0.3 is 0 Å². The second-order valence-electron chi connectivity index (χ2n) is 4.80. The summed E-state index contributed by atoms with van der Waals surface area (Å²) in [6.07, 6.45) is 4.35. The zero-order valence-electron chi connectivity index (χ0n) is 12.3. The molecule has 2 heteroatoms. The standard InChI is InChI=1S/C17H22ClN/c1-5-8-13(6-2)15(7-3)16-10-14(11-19)17(18)9-12(16)4/h9-10H,5-8H2,1-4H3/b15-13+. The SMILES string of the molecule is CCC/C(CC)=C(\CC)c1cc(C#N)c(Cl)cc1C. The lowest BCUT2D eigenvalue weighted by molar-refractivity contribution is 0.855. The van der Waals surface area contributed by atoms with Gasteiger partial charge in [0.05, 0.1) is 10.6 Å².